The molecule has 0 spiro atoms. The number of halogens is 3. The number of hydrogen-bond donors (Lipinski definition) is 1. The number of alkyl halides is 3. The lowest BCUT2D eigenvalue weighted by Crippen LogP contribution is -2.19. The minimum atomic E-state index is -4.64. The van der Waals surface area contributed by atoms with Gasteiger partial charge >= 0.3 is 6.18 Å². The van der Waals surface area contributed by atoms with Crippen LogP contribution in [0.5, 0.6) is 0 Å². The van der Waals surface area contributed by atoms with Gasteiger partial charge in [0.05, 0.1) is 17.2 Å². The number of nitriles is 1. The van der Waals surface area contributed by atoms with E-state index in [2.05, 4.69) is 0 Å². The van der Waals surface area contributed by atoms with Crippen LogP contribution in [0.1, 0.15) is 23.7 Å². The molecule has 2 N–H and O–H groups in total. The number of amides is 1. The molecule has 2 aromatic rings. The quantitative estimate of drug-likeness (QED) is 0.945. The Morgan fingerprint density at radius 1 is 1.43 bits per heavy atom. The molecular formula is C14H12F3N3O. The highest BCUT2D eigenvalue weighted by atomic mass is 19.4. The van der Waals surface area contributed by atoms with Crippen molar-refractivity contribution in [2.24, 2.45) is 5.73 Å². The lowest BCUT2D eigenvalue weighted by atomic mass is 10.0. The van der Waals surface area contributed by atoms with Crippen LogP contribution >= 0.6 is 0 Å². The van der Waals surface area contributed by atoms with Gasteiger partial charge in [0.15, 0.2) is 0 Å². The van der Waals surface area contributed by atoms with Crippen LogP contribution < -0.4 is 5.73 Å². The molecule has 0 saturated heterocycles. The summed E-state index contributed by atoms with van der Waals surface area (Å²) in [6, 6.07) is 5.45. The number of nitrogens with two attached hydrogens (primary N) is 1. The van der Waals surface area contributed by atoms with Gasteiger partial charge in [-0.2, -0.15) is 18.4 Å². The van der Waals surface area contributed by atoms with Crippen LogP contribution in [0.15, 0.2) is 18.2 Å². The number of rotatable bonds is 3. The molecule has 4 nitrogen and oxygen atoms in total. The topological polar surface area (TPSA) is 71.8 Å². The number of benzene rings is 1. The van der Waals surface area contributed by atoms with E-state index in [1.807, 2.05) is 0 Å². The zero-order valence-corrected chi connectivity index (χ0v) is 11.2. The third kappa shape index (κ3) is 2.57. The Labute approximate surface area is 118 Å². The summed E-state index contributed by atoms with van der Waals surface area (Å²) >= 11 is 0. The van der Waals surface area contributed by atoms with Crippen LogP contribution in [-0.4, -0.2) is 10.5 Å². The molecule has 110 valence electrons. The van der Waals surface area contributed by atoms with E-state index in [1.165, 1.54) is 16.7 Å². The van der Waals surface area contributed by atoms with Gasteiger partial charge in [0.2, 0.25) is 5.91 Å². The maximum Gasteiger partial charge on any atom is 0.418 e. The summed E-state index contributed by atoms with van der Waals surface area (Å²) in [5.41, 5.74) is 4.54. The van der Waals surface area contributed by atoms with Crippen molar-refractivity contribution < 1.29 is 18.0 Å². The number of aromatic nitrogens is 1. The van der Waals surface area contributed by atoms with E-state index >= 15 is 0 Å². The van der Waals surface area contributed by atoms with Gasteiger partial charge in [-0.05, 0) is 24.6 Å². The summed E-state index contributed by atoms with van der Waals surface area (Å²) in [6.07, 6.45) is -4.20. The molecule has 21 heavy (non-hydrogen) atoms. The molecular weight excluding hydrogens is 283 g/mol. The number of fused-ring (bicyclic) bond motifs is 1. The van der Waals surface area contributed by atoms with Gasteiger partial charge in [0.25, 0.3) is 0 Å². The molecule has 0 radical (unpaired) electrons. The first-order valence-corrected chi connectivity index (χ1v) is 6.20. The van der Waals surface area contributed by atoms with Crippen molar-refractivity contribution in [1.82, 2.24) is 4.57 Å². The number of hydrogen-bond acceptors (Lipinski definition) is 2. The van der Waals surface area contributed by atoms with E-state index in [1.54, 1.807) is 13.0 Å². The number of aryl methyl sites for hydroxylation is 1. The SMILES string of the molecule is CCc1cc2c(C(F)(F)F)c(C#N)ccc2n1CC(N)=O. The number of carbonyl (C=O) groups excluding carboxylic acids is 1. The van der Waals surface area contributed by atoms with Gasteiger partial charge in [-0.25, -0.2) is 0 Å². The van der Waals surface area contributed by atoms with Crippen molar-refractivity contribution >= 4 is 16.8 Å². The van der Waals surface area contributed by atoms with Crippen LogP contribution in [0.2, 0.25) is 0 Å². The molecule has 0 aliphatic heterocycles. The summed E-state index contributed by atoms with van der Waals surface area (Å²) in [6.45, 7) is 1.57. The van der Waals surface area contributed by atoms with Gasteiger partial charge in [-0.3, -0.25) is 4.79 Å². The fourth-order valence-electron chi connectivity index (χ4n) is 2.42. The largest absolute Gasteiger partial charge is 0.418 e. The van der Waals surface area contributed by atoms with Crippen LogP contribution in [-0.2, 0) is 23.9 Å². The number of nitrogens with zero attached hydrogens (tertiary/aromatic N) is 2. The Morgan fingerprint density at radius 2 is 2.10 bits per heavy atom. The highest BCUT2D eigenvalue weighted by molar-refractivity contribution is 5.89. The molecule has 1 aromatic carbocycles. The van der Waals surface area contributed by atoms with E-state index in [4.69, 9.17) is 11.0 Å². The molecule has 0 fully saturated rings. The minimum absolute atomic E-state index is 0.0837. The Morgan fingerprint density at radius 3 is 2.57 bits per heavy atom. The normalized spacial score (nSPS) is 11.6. The van der Waals surface area contributed by atoms with Crippen LogP contribution in [0, 0.1) is 11.3 Å². The van der Waals surface area contributed by atoms with Crippen LogP contribution in [0.25, 0.3) is 10.9 Å². The molecule has 1 heterocycles. The second kappa shape index (κ2) is 5.13. The van der Waals surface area contributed by atoms with Crippen molar-refractivity contribution in [3.05, 3.63) is 35.0 Å². The van der Waals surface area contributed by atoms with E-state index in [9.17, 15) is 18.0 Å². The van der Waals surface area contributed by atoms with Gasteiger partial charge in [0.1, 0.15) is 6.54 Å². The second-order valence-electron chi connectivity index (χ2n) is 4.57. The van der Waals surface area contributed by atoms with Crippen molar-refractivity contribution in [2.45, 2.75) is 26.1 Å². The average molecular weight is 295 g/mol. The fourth-order valence-corrected chi connectivity index (χ4v) is 2.42. The molecule has 7 heteroatoms. The molecule has 0 aliphatic rings. The molecule has 1 aromatic heterocycles. The van der Waals surface area contributed by atoms with Crippen molar-refractivity contribution in [3.63, 3.8) is 0 Å². The zero-order chi connectivity index (χ0) is 15.8. The third-order valence-electron chi connectivity index (χ3n) is 3.25. The first kappa shape index (κ1) is 14.9. The predicted molar refractivity (Wildman–Crippen MR) is 70.2 cm³/mol. The molecule has 1 amide bonds. The van der Waals surface area contributed by atoms with Gasteiger partial charge in [0, 0.05) is 16.6 Å². The Kier molecular flexibility index (Phi) is 3.64. The van der Waals surface area contributed by atoms with Gasteiger partial charge in [-0.1, -0.05) is 6.92 Å². The molecule has 0 bridgehead atoms. The van der Waals surface area contributed by atoms with Gasteiger partial charge in [-0.15, -0.1) is 0 Å². The monoisotopic (exact) mass is 295 g/mol. The highest BCUT2D eigenvalue weighted by Crippen LogP contribution is 2.38. The summed E-state index contributed by atoms with van der Waals surface area (Å²) in [4.78, 5) is 11.1. The van der Waals surface area contributed by atoms with Crippen molar-refractivity contribution in [2.75, 3.05) is 0 Å². The summed E-state index contributed by atoms with van der Waals surface area (Å²) in [5, 5.41) is 8.81. The maximum absolute atomic E-state index is 13.2. The summed E-state index contributed by atoms with van der Waals surface area (Å²) < 4.78 is 41.1. The molecule has 0 aliphatic carbocycles. The Bertz CT molecular complexity index is 753. The maximum atomic E-state index is 13.2. The Balaban J connectivity index is 2.86. The predicted octanol–water partition coefficient (Wildman–Crippen LogP) is 2.58. The summed E-state index contributed by atoms with van der Waals surface area (Å²) in [7, 11) is 0. The van der Waals surface area contributed by atoms with E-state index < -0.39 is 23.2 Å². The van der Waals surface area contributed by atoms with Crippen LogP contribution in [0.4, 0.5) is 13.2 Å². The van der Waals surface area contributed by atoms with E-state index in [0.29, 0.717) is 12.1 Å². The number of primary amides is 1. The molecule has 0 saturated carbocycles. The van der Waals surface area contributed by atoms with Crippen LogP contribution in [0.3, 0.4) is 0 Å². The third-order valence-corrected chi connectivity index (χ3v) is 3.25. The highest BCUT2D eigenvalue weighted by Gasteiger charge is 2.36. The molecule has 2 rings (SSSR count). The Hall–Kier alpha value is -2.49. The van der Waals surface area contributed by atoms with E-state index in [-0.39, 0.29) is 17.4 Å². The zero-order valence-electron chi connectivity index (χ0n) is 11.2. The first-order valence-electron chi connectivity index (χ1n) is 6.20. The molecule has 0 unspecified atom stereocenters. The van der Waals surface area contributed by atoms with E-state index in [0.717, 1.165) is 6.07 Å². The lowest BCUT2D eigenvalue weighted by molar-refractivity contribution is -0.136. The smallest absolute Gasteiger partial charge is 0.368 e. The number of carbonyl (C=O) groups is 1. The lowest BCUT2D eigenvalue weighted by Gasteiger charge is -2.11. The molecule has 0 atom stereocenters. The average Bonchev–Trinajstić information content (AvgIpc) is 2.73. The fraction of sp³-hybridized carbons (Fsp3) is 0.286. The summed E-state index contributed by atoms with van der Waals surface area (Å²) in [5.74, 6) is -0.639. The second-order valence-corrected chi connectivity index (χ2v) is 4.57. The van der Waals surface area contributed by atoms with Crippen molar-refractivity contribution in [1.29, 1.82) is 5.26 Å². The standard InChI is InChI=1S/C14H12F3N3O/c1-2-9-5-10-11(20(9)7-12(19)21)4-3-8(6-18)13(10)14(15,16)17/h3-5H,2,7H2,1H3,(H2,19,21). The minimum Gasteiger partial charge on any atom is -0.368 e. The van der Waals surface area contributed by atoms with Crippen molar-refractivity contribution in [3.8, 4) is 6.07 Å². The first-order chi connectivity index (χ1) is 9.79. The van der Waals surface area contributed by atoms with Gasteiger partial charge < -0.3 is 10.3 Å².